The number of aliphatic hydroxyl groups is 3. The van der Waals surface area contributed by atoms with Gasteiger partial charge in [0.15, 0.2) is 0 Å². The van der Waals surface area contributed by atoms with Gasteiger partial charge in [0.05, 0.1) is 59.5 Å². The Balaban J connectivity index is 1.60. The molecule has 9 N–H and O–H groups in total. The van der Waals surface area contributed by atoms with Crippen LogP contribution in [0.1, 0.15) is 36.0 Å². The molecule has 0 saturated heterocycles. The van der Waals surface area contributed by atoms with Crippen LogP contribution in [0.4, 0.5) is 0 Å². The fourth-order valence-electron chi connectivity index (χ4n) is 7.62. The minimum absolute atomic E-state index is 0.00737. The maximum absolute atomic E-state index is 14.4. The molecule has 1 aliphatic rings. The van der Waals surface area contributed by atoms with Gasteiger partial charge in [0.25, 0.3) is 0 Å². The molecule has 6 amide bonds. The van der Waals surface area contributed by atoms with Gasteiger partial charge in [-0.25, -0.2) is 0 Å². The summed E-state index contributed by atoms with van der Waals surface area (Å²) in [4.78, 5) is 84.0. The van der Waals surface area contributed by atoms with Crippen LogP contribution in [-0.2, 0) is 62.2 Å². The van der Waals surface area contributed by atoms with Crippen molar-refractivity contribution < 1.29 is 58.3 Å². The number of aliphatic hydroxyl groups excluding tert-OH is 3. The lowest BCUT2D eigenvalue weighted by molar-refractivity contribution is -0.139. The molecule has 1 fully saturated rings. The van der Waals surface area contributed by atoms with Crippen molar-refractivity contribution in [2.75, 3.05) is 79.1 Å². The average Bonchev–Trinajstić information content (AvgIpc) is 3.33. The van der Waals surface area contributed by atoms with Crippen LogP contribution < -0.4 is 31.9 Å². The van der Waals surface area contributed by atoms with E-state index in [1.54, 1.807) is 0 Å². The molecule has 360 valence electrons. The Morgan fingerprint density at radius 1 is 0.424 bits per heavy atom. The second-order valence-electron chi connectivity index (χ2n) is 15.9. The van der Waals surface area contributed by atoms with Crippen molar-refractivity contribution in [1.29, 1.82) is 0 Å². The molecule has 3 atom stereocenters. The van der Waals surface area contributed by atoms with Crippen LogP contribution in [0.25, 0.3) is 0 Å². The molecule has 0 heterocycles. The molecule has 0 aliphatic heterocycles. The van der Waals surface area contributed by atoms with Crippen LogP contribution in [0.2, 0.25) is 0 Å². The summed E-state index contributed by atoms with van der Waals surface area (Å²) < 4.78 is 15.9. The molecule has 0 bridgehead atoms. The molecule has 0 spiro atoms. The second kappa shape index (κ2) is 30.4. The summed E-state index contributed by atoms with van der Waals surface area (Å²) in [6.07, 6.45) is 0.392. The number of hydrogen-bond donors (Lipinski definition) is 9. The SMILES string of the molecule is O=C(NC(Cc1ccccc1)C(=O)NCCOCCO)C1CC(C(=O)NC(Cc2ccccc2)C(=O)NCCOCCO)CC(C(=O)NC(Cc2ccccc2)C(=O)NCCOCCO)C1. The Hall–Kier alpha value is -5.76. The summed E-state index contributed by atoms with van der Waals surface area (Å²) >= 11 is 0. The van der Waals surface area contributed by atoms with Gasteiger partial charge in [0.1, 0.15) is 18.1 Å². The first-order chi connectivity index (χ1) is 32.1. The molecule has 0 radical (unpaired) electrons. The van der Waals surface area contributed by atoms with Gasteiger partial charge in [-0.3, -0.25) is 28.8 Å². The number of amides is 6. The van der Waals surface area contributed by atoms with Crippen molar-refractivity contribution in [3.63, 3.8) is 0 Å². The monoisotopic (exact) mass is 918 g/mol. The molecule has 0 aromatic heterocycles. The summed E-state index contributed by atoms with van der Waals surface area (Å²) in [5, 5.41) is 44.1. The van der Waals surface area contributed by atoms with E-state index in [-0.39, 0.29) is 118 Å². The summed E-state index contributed by atoms with van der Waals surface area (Å²) in [6.45, 7) is 0.533. The number of carbonyl (C=O) groups excluding carboxylic acids is 6. The van der Waals surface area contributed by atoms with Gasteiger partial charge < -0.3 is 61.4 Å². The predicted octanol–water partition coefficient (Wildman–Crippen LogP) is -0.423. The largest absolute Gasteiger partial charge is 0.394 e. The quantitative estimate of drug-likeness (QED) is 0.0387. The van der Waals surface area contributed by atoms with E-state index >= 15 is 0 Å². The maximum atomic E-state index is 14.4. The topological polar surface area (TPSA) is 263 Å². The highest BCUT2D eigenvalue weighted by Gasteiger charge is 2.41. The predicted molar refractivity (Wildman–Crippen MR) is 243 cm³/mol. The van der Waals surface area contributed by atoms with Gasteiger partial charge in [-0.05, 0) is 36.0 Å². The van der Waals surface area contributed by atoms with E-state index in [4.69, 9.17) is 29.5 Å². The van der Waals surface area contributed by atoms with E-state index in [0.29, 0.717) is 0 Å². The fourth-order valence-corrected chi connectivity index (χ4v) is 7.62. The highest BCUT2D eigenvalue weighted by molar-refractivity contribution is 5.93. The fraction of sp³-hybridized carbons (Fsp3) is 0.500. The Morgan fingerprint density at radius 2 is 0.682 bits per heavy atom. The first-order valence-corrected chi connectivity index (χ1v) is 22.5. The van der Waals surface area contributed by atoms with E-state index in [1.807, 2.05) is 91.0 Å². The minimum Gasteiger partial charge on any atom is -0.394 e. The van der Waals surface area contributed by atoms with E-state index in [9.17, 15) is 28.8 Å². The molecule has 66 heavy (non-hydrogen) atoms. The average molecular weight is 919 g/mol. The van der Waals surface area contributed by atoms with Crippen molar-refractivity contribution in [1.82, 2.24) is 31.9 Å². The van der Waals surface area contributed by atoms with Crippen molar-refractivity contribution in [3.8, 4) is 0 Å². The summed E-state index contributed by atoms with van der Waals surface area (Å²) in [5.41, 5.74) is 2.33. The lowest BCUT2D eigenvalue weighted by atomic mass is 9.73. The van der Waals surface area contributed by atoms with Gasteiger partial charge >= 0.3 is 0 Å². The lowest BCUT2D eigenvalue weighted by Gasteiger charge is -2.35. The zero-order valence-corrected chi connectivity index (χ0v) is 37.4. The summed E-state index contributed by atoms with van der Waals surface area (Å²) in [7, 11) is 0. The van der Waals surface area contributed by atoms with E-state index in [1.165, 1.54) is 0 Å². The Morgan fingerprint density at radius 3 is 0.924 bits per heavy atom. The van der Waals surface area contributed by atoms with E-state index in [2.05, 4.69) is 31.9 Å². The molecule has 4 rings (SSSR count). The Labute approximate surface area is 385 Å². The van der Waals surface area contributed by atoms with Crippen LogP contribution >= 0.6 is 0 Å². The third-order valence-electron chi connectivity index (χ3n) is 10.9. The molecular weight excluding hydrogens is 853 g/mol. The lowest BCUT2D eigenvalue weighted by Crippen LogP contribution is -2.54. The van der Waals surface area contributed by atoms with Crippen molar-refractivity contribution >= 4 is 35.4 Å². The zero-order chi connectivity index (χ0) is 47.4. The minimum atomic E-state index is -1.04. The third-order valence-corrected chi connectivity index (χ3v) is 10.9. The van der Waals surface area contributed by atoms with Crippen LogP contribution in [0.15, 0.2) is 91.0 Å². The van der Waals surface area contributed by atoms with Gasteiger partial charge in [0.2, 0.25) is 35.4 Å². The highest BCUT2D eigenvalue weighted by atomic mass is 16.5. The second-order valence-corrected chi connectivity index (χ2v) is 15.9. The van der Waals surface area contributed by atoms with Crippen LogP contribution in [-0.4, -0.2) is 148 Å². The molecule has 1 saturated carbocycles. The first-order valence-electron chi connectivity index (χ1n) is 22.5. The Bertz CT molecular complexity index is 1690. The number of hydrogen-bond acceptors (Lipinski definition) is 12. The smallest absolute Gasteiger partial charge is 0.243 e. The summed E-state index contributed by atoms with van der Waals surface area (Å²) in [5.74, 6) is -5.94. The molecular formula is C48H66N6O12. The van der Waals surface area contributed by atoms with Crippen LogP contribution in [0, 0.1) is 17.8 Å². The number of rotatable bonds is 30. The molecule has 3 aromatic rings. The molecule has 18 nitrogen and oxygen atoms in total. The maximum Gasteiger partial charge on any atom is 0.243 e. The van der Waals surface area contributed by atoms with Crippen LogP contribution in [0.5, 0.6) is 0 Å². The van der Waals surface area contributed by atoms with Crippen molar-refractivity contribution in [2.24, 2.45) is 17.8 Å². The number of ether oxygens (including phenoxy) is 3. The number of nitrogens with one attached hydrogen (secondary N) is 6. The normalized spacial score (nSPS) is 17.0. The van der Waals surface area contributed by atoms with E-state index in [0.717, 1.165) is 16.7 Å². The van der Waals surface area contributed by atoms with Gasteiger partial charge in [-0.1, -0.05) is 91.0 Å². The number of benzene rings is 3. The van der Waals surface area contributed by atoms with Gasteiger partial charge in [0, 0.05) is 56.7 Å². The first kappa shape index (κ1) is 52.9. The molecule has 3 aromatic carbocycles. The summed E-state index contributed by atoms with van der Waals surface area (Å²) in [6, 6.07) is 24.2. The highest BCUT2D eigenvalue weighted by Crippen LogP contribution is 2.35. The van der Waals surface area contributed by atoms with Gasteiger partial charge in [-0.15, -0.1) is 0 Å². The zero-order valence-electron chi connectivity index (χ0n) is 37.4. The molecule has 3 unspecified atom stereocenters. The standard InChI is InChI=1S/C48H66N6O12/c55-19-25-64-22-16-49-46(61)40(28-34-10-4-1-5-11-34)52-43(58)37-31-38(44(59)53-41(29-35-12-6-2-7-13-35)47(62)50-17-23-65-26-20-56)33-39(32-37)45(60)54-42(30-36-14-8-3-9-15-36)48(63)51-18-24-66-27-21-57/h1-15,37-42,55-57H,16-33H2,(H,49,61)(H,50,62)(H,51,63)(H,52,58)(H,53,59)(H,54,60). The van der Waals surface area contributed by atoms with Crippen molar-refractivity contribution in [3.05, 3.63) is 108 Å². The van der Waals surface area contributed by atoms with Gasteiger partial charge in [-0.2, -0.15) is 0 Å². The molecule has 18 heteroatoms. The van der Waals surface area contributed by atoms with Crippen molar-refractivity contribution in [2.45, 2.75) is 56.7 Å². The molecule has 1 aliphatic carbocycles. The third kappa shape index (κ3) is 19.4. The Kier molecular flexibility index (Phi) is 24.4. The van der Waals surface area contributed by atoms with Crippen LogP contribution in [0.3, 0.4) is 0 Å². The van der Waals surface area contributed by atoms with E-state index < -0.39 is 71.3 Å². The number of carbonyl (C=O) groups is 6.